The third kappa shape index (κ3) is 3.46. The molecule has 1 saturated carbocycles. The molecule has 1 unspecified atom stereocenters. The van der Waals surface area contributed by atoms with E-state index in [9.17, 15) is 0 Å². The van der Waals surface area contributed by atoms with Crippen LogP contribution in [0.3, 0.4) is 0 Å². The predicted octanol–water partition coefficient (Wildman–Crippen LogP) is 2.43. The summed E-state index contributed by atoms with van der Waals surface area (Å²) < 4.78 is 0. The van der Waals surface area contributed by atoms with Gasteiger partial charge in [0.1, 0.15) is 5.84 Å². The van der Waals surface area contributed by atoms with E-state index in [1.165, 1.54) is 12.8 Å². The molecular formula is C20H24N6. The van der Waals surface area contributed by atoms with E-state index in [1.54, 1.807) is 0 Å². The van der Waals surface area contributed by atoms with Crippen molar-refractivity contribution in [1.82, 2.24) is 15.6 Å². The number of hydrogen-bond donors (Lipinski definition) is 3. The number of aliphatic imine (C=N–C) groups is 2. The van der Waals surface area contributed by atoms with Crippen LogP contribution in [0.2, 0.25) is 0 Å². The molecule has 6 heteroatoms. The quantitative estimate of drug-likeness (QED) is 0.792. The van der Waals surface area contributed by atoms with Crippen LogP contribution >= 0.6 is 0 Å². The molecular weight excluding hydrogens is 324 g/mol. The highest BCUT2D eigenvalue weighted by atomic mass is 15.4. The Morgan fingerprint density at radius 2 is 1.96 bits per heavy atom. The molecule has 2 heterocycles. The van der Waals surface area contributed by atoms with E-state index in [0.717, 1.165) is 16.8 Å². The molecule has 4 rings (SSSR count). The highest BCUT2D eigenvalue weighted by molar-refractivity contribution is 6.07. The minimum absolute atomic E-state index is 0.205. The minimum Gasteiger partial charge on any atom is -0.352 e. The molecule has 0 saturated heterocycles. The molecule has 0 bridgehead atoms. The number of benzene rings is 1. The van der Waals surface area contributed by atoms with E-state index in [4.69, 9.17) is 5.73 Å². The minimum atomic E-state index is -1.09. The molecule has 26 heavy (non-hydrogen) atoms. The molecule has 2 aliphatic rings. The Morgan fingerprint density at radius 3 is 2.65 bits per heavy atom. The highest BCUT2D eigenvalue weighted by Crippen LogP contribution is 2.39. The van der Waals surface area contributed by atoms with Crippen LogP contribution in [-0.4, -0.2) is 22.8 Å². The fourth-order valence-electron chi connectivity index (χ4n) is 3.01. The van der Waals surface area contributed by atoms with Gasteiger partial charge < -0.3 is 10.6 Å². The lowest BCUT2D eigenvalue weighted by atomic mass is 10.1. The first kappa shape index (κ1) is 16.7. The fraction of sp³-hybridized carbons (Fsp3) is 0.350. The summed E-state index contributed by atoms with van der Waals surface area (Å²) in [5.41, 5.74) is 9.66. The normalized spacial score (nSPS) is 22.5. The first-order valence-corrected chi connectivity index (χ1v) is 9.07. The van der Waals surface area contributed by atoms with Crippen molar-refractivity contribution in [3.63, 3.8) is 0 Å². The Hall–Kier alpha value is -2.73. The van der Waals surface area contributed by atoms with Crippen molar-refractivity contribution < 1.29 is 0 Å². The van der Waals surface area contributed by atoms with Crippen molar-refractivity contribution in [2.24, 2.45) is 15.7 Å². The van der Waals surface area contributed by atoms with Crippen molar-refractivity contribution in [3.05, 3.63) is 65.5 Å². The topological polar surface area (TPSA) is 87.7 Å². The highest BCUT2D eigenvalue weighted by Gasteiger charge is 2.34. The third-order valence-corrected chi connectivity index (χ3v) is 4.49. The Kier molecular flexibility index (Phi) is 4.20. The number of amidine groups is 1. The lowest BCUT2D eigenvalue weighted by molar-refractivity contribution is 0.421. The first-order valence-electron chi connectivity index (χ1n) is 9.07. The summed E-state index contributed by atoms with van der Waals surface area (Å²) in [7, 11) is 0. The number of nitrogens with zero attached hydrogens (tertiary/aromatic N) is 3. The van der Waals surface area contributed by atoms with Crippen LogP contribution < -0.4 is 16.4 Å². The number of aromatic nitrogens is 1. The molecule has 1 aromatic heterocycles. The van der Waals surface area contributed by atoms with Crippen molar-refractivity contribution >= 4 is 11.8 Å². The van der Waals surface area contributed by atoms with Crippen LogP contribution in [-0.2, 0) is 5.79 Å². The second-order valence-electron chi connectivity index (χ2n) is 7.20. The first-order chi connectivity index (χ1) is 12.5. The summed E-state index contributed by atoms with van der Waals surface area (Å²) in [5.74, 6) is 0.707. The van der Waals surface area contributed by atoms with E-state index >= 15 is 0 Å². The lowest BCUT2D eigenvalue weighted by Crippen LogP contribution is -2.56. The van der Waals surface area contributed by atoms with Crippen LogP contribution in [0.4, 0.5) is 0 Å². The number of hydrogen-bond acceptors (Lipinski definition) is 6. The monoisotopic (exact) mass is 348 g/mol. The summed E-state index contributed by atoms with van der Waals surface area (Å²) in [6, 6.07) is 14.1. The average Bonchev–Trinajstić information content (AvgIpc) is 3.47. The van der Waals surface area contributed by atoms with E-state index in [-0.39, 0.29) is 6.04 Å². The molecule has 4 N–H and O–H groups in total. The molecule has 0 radical (unpaired) electrons. The second-order valence-corrected chi connectivity index (χ2v) is 7.20. The molecule has 6 nitrogen and oxygen atoms in total. The van der Waals surface area contributed by atoms with Crippen molar-refractivity contribution in [2.45, 2.75) is 44.4 Å². The maximum atomic E-state index is 6.72. The lowest BCUT2D eigenvalue weighted by Gasteiger charge is -2.33. The zero-order valence-corrected chi connectivity index (χ0v) is 15.1. The largest absolute Gasteiger partial charge is 0.352 e. The Balaban J connectivity index is 1.74. The summed E-state index contributed by atoms with van der Waals surface area (Å²) in [6.45, 7) is 4.11. The number of nitrogens with one attached hydrogen (secondary N) is 2. The number of guanidine groups is 1. The Labute approximate surface area is 153 Å². The van der Waals surface area contributed by atoms with Gasteiger partial charge in [-0.3, -0.25) is 10.7 Å². The SMILES string of the molecule is CC(C)NC1=NC(N)(c2ccnc(C3CC3)c2)NC(c2ccccc2)=N1. The Bertz CT molecular complexity index is 854. The predicted molar refractivity (Wildman–Crippen MR) is 104 cm³/mol. The van der Waals surface area contributed by atoms with Crippen molar-refractivity contribution in [3.8, 4) is 0 Å². The van der Waals surface area contributed by atoms with Crippen LogP contribution in [0.5, 0.6) is 0 Å². The van der Waals surface area contributed by atoms with Gasteiger partial charge in [-0.25, -0.2) is 4.99 Å². The van der Waals surface area contributed by atoms with Gasteiger partial charge in [0.15, 0.2) is 0 Å². The molecule has 1 aliphatic carbocycles. The average molecular weight is 348 g/mol. The standard InChI is InChI=1S/C20H24N6/c1-13(2)23-19-24-18(15-6-4-3-5-7-15)25-20(21,26-19)16-10-11-22-17(12-16)14-8-9-14/h3-7,10-14H,8-9,21H2,1-2H3,(H2,23,24,25,26). The van der Waals surface area contributed by atoms with Gasteiger partial charge in [-0.15, -0.1) is 0 Å². The van der Waals surface area contributed by atoms with Gasteiger partial charge >= 0.3 is 0 Å². The molecule has 1 atom stereocenters. The van der Waals surface area contributed by atoms with Crippen LogP contribution in [0.15, 0.2) is 58.6 Å². The van der Waals surface area contributed by atoms with Crippen LogP contribution in [0, 0.1) is 0 Å². The zero-order chi connectivity index (χ0) is 18.1. The summed E-state index contributed by atoms with van der Waals surface area (Å²) in [6.07, 6.45) is 4.21. The fourth-order valence-corrected chi connectivity index (χ4v) is 3.01. The third-order valence-electron chi connectivity index (χ3n) is 4.49. The smallest absolute Gasteiger partial charge is 0.223 e. The van der Waals surface area contributed by atoms with E-state index < -0.39 is 5.79 Å². The van der Waals surface area contributed by atoms with Crippen molar-refractivity contribution in [2.75, 3.05) is 0 Å². The maximum Gasteiger partial charge on any atom is 0.223 e. The summed E-state index contributed by atoms with van der Waals surface area (Å²) in [5, 5.41) is 6.61. The summed E-state index contributed by atoms with van der Waals surface area (Å²) in [4.78, 5) is 13.8. The number of rotatable bonds is 4. The van der Waals surface area contributed by atoms with Gasteiger partial charge in [-0.05, 0) is 38.8 Å². The van der Waals surface area contributed by atoms with E-state index in [2.05, 4.69) is 45.5 Å². The van der Waals surface area contributed by atoms with Gasteiger partial charge in [-0.1, -0.05) is 30.3 Å². The molecule has 1 aromatic carbocycles. The summed E-state index contributed by atoms with van der Waals surface area (Å²) >= 11 is 0. The van der Waals surface area contributed by atoms with Gasteiger partial charge in [0.25, 0.3) is 0 Å². The van der Waals surface area contributed by atoms with Gasteiger partial charge in [0.05, 0.1) is 0 Å². The molecule has 1 fully saturated rings. The van der Waals surface area contributed by atoms with E-state index in [1.807, 2.05) is 42.6 Å². The molecule has 134 valence electrons. The Morgan fingerprint density at radius 1 is 1.19 bits per heavy atom. The maximum absolute atomic E-state index is 6.72. The van der Waals surface area contributed by atoms with Gasteiger partial charge in [0, 0.05) is 35.0 Å². The van der Waals surface area contributed by atoms with Crippen LogP contribution in [0.25, 0.3) is 0 Å². The second kappa shape index (κ2) is 6.53. The zero-order valence-electron chi connectivity index (χ0n) is 15.1. The van der Waals surface area contributed by atoms with Crippen molar-refractivity contribution in [1.29, 1.82) is 0 Å². The molecule has 1 aliphatic heterocycles. The van der Waals surface area contributed by atoms with Crippen LogP contribution in [0.1, 0.15) is 49.4 Å². The number of nitrogens with two attached hydrogens (primary N) is 1. The molecule has 2 aromatic rings. The van der Waals surface area contributed by atoms with Gasteiger partial charge in [0.2, 0.25) is 11.7 Å². The van der Waals surface area contributed by atoms with E-state index in [0.29, 0.717) is 17.7 Å². The molecule has 0 amide bonds. The van der Waals surface area contributed by atoms with Gasteiger partial charge in [-0.2, -0.15) is 4.99 Å². The number of pyridine rings is 1. The molecule has 0 spiro atoms.